The molecule has 0 N–H and O–H groups in total. The van der Waals surface area contributed by atoms with Crippen LogP contribution in [0.15, 0.2) is 200 Å². The van der Waals surface area contributed by atoms with Gasteiger partial charge in [0.2, 0.25) is 0 Å². The van der Waals surface area contributed by atoms with Crippen LogP contribution in [0.1, 0.15) is 16.7 Å². The quantitative estimate of drug-likeness (QED) is 0.154. The van der Waals surface area contributed by atoms with Crippen LogP contribution in [0.25, 0.3) is 110 Å². The summed E-state index contributed by atoms with van der Waals surface area (Å²) in [6.45, 7) is 6.71. The SMILES string of the molecule is Cc1cc(C)c(-c2c3ccccc3c(-c3ccc(-n4c5ccccc5c5ccc(-c6ccc7c(c6)c6ccccc6n7-c6ccccc6)cc54)cc3)c3ccccc23)c(C)c1. The van der Waals surface area contributed by atoms with E-state index >= 15 is 0 Å². The van der Waals surface area contributed by atoms with Gasteiger partial charge in [-0.2, -0.15) is 0 Å². The van der Waals surface area contributed by atoms with Gasteiger partial charge in [0.25, 0.3) is 0 Å². The molecule has 10 aromatic carbocycles. The summed E-state index contributed by atoms with van der Waals surface area (Å²) < 4.78 is 4.82. The maximum atomic E-state index is 2.44. The summed E-state index contributed by atoms with van der Waals surface area (Å²) in [6.07, 6.45) is 0. The van der Waals surface area contributed by atoms with Crippen LogP contribution < -0.4 is 0 Å². The first kappa shape index (κ1) is 35.3. The topological polar surface area (TPSA) is 9.86 Å². The Labute approximate surface area is 355 Å². The third kappa shape index (κ3) is 5.42. The second-order valence-electron chi connectivity index (χ2n) is 16.7. The van der Waals surface area contributed by atoms with Crippen molar-refractivity contribution in [1.29, 1.82) is 0 Å². The van der Waals surface area contributed by atoms with Crippen LogP contribution in [0.5, 0.6) is 0 Å². The lowest BCUT2D eigenvalue weighted by Gasteiger charge is -2.20. The lowest BCUT2D eigenvalue weighted by molar-refractivity contribution is 1.18. The van der Waals surface area contributed by atoms with Gasteiger partial charge in [-0.3, -0.25) is 0 Å². The third-order valence-electron chi connectivity index (χ3n) is 13.0. The van der Waals surface area contributed by atoms with Gasteiger partial charge in [0, 0.05) is 32.9 Å². The first-order chi connectivity index (χ1) is 30.0. The van der Waals surface area contributed by atoms with E-state index < -0.39 is 0 Å². The van der Waals surface area contributed by atoms with Gasteiger partial charge >= 0.3 is 0 Å². The summed E-state index contributed by atoms with van der Waals surface area (Å²) in [7, 11) is 0. The van der Waals surface area contributed by atoms with Crippen molar-refractivity contribution in [2.45, 2.75) is 20.8 Å². The molecule has 12 rings (SSSR count). The number of para-hydroxylation sites is 3. The fourth-order valence-electron chi connectivity index (χ4n) is 10.5. The molecule has 0 saturated heterocycles. The van der Waals surface area contributed by atoms with Gasteiger partial charge < -0.3 is 9.13 Å². The predicted molar refractivity (Wildman–Crippen MR) is 261 cm³/mol. The predicted octanol–water partition coefficient (Wildman–Crippen LogP) is 16.1. The normalized spacial score (nSPS) is 11.9. The standard InChI is InChI=1S/C59H42N2/c1-37-33-38(2)57(39(3)34-37)59-50-21-9-7-19-48(50)58(49-20-8-10-22-51(49)59)40-25-29-44(30-26-40)61-53-23-13-11-17-45(53)47-31-27-42(36-56(47)61)41-28-32-55-52(35-41)46-18-12-14-24-54(46)60(55)43-15-5-4-6-16-43/h4-36H,1-3H3. The molecule has 0 aliphatic heterocycles. The Bertz CT molecular complexity index is 3630. The molecule has 0 aliphatic carbocycles. The molecular weight excluding hydrogens is 737 g/mol. The molecule has 2 aromatic heterocycles. The molecule has 0 radical (unpaired) electrons. The summed E-state index contributed by atoms with van der Waals surface area (Å²) in [6, 6.07) is 74.1. The zero-order valence-electron chi connectivity index (χ0n) is 34.4. The molecule has 0 bridgehead atoms. The average molecular weight is 779 g/mol. The largest absolute Gasteiger partial charge is 0.309 e. The Kier molecular flexibility index (Phi) is 7.92. The molecule has 2 heteroatoms. The molecule has 2 heterocycles. The van der Waals surface area contributed by atoms with E-state index in [4.69, 9.17) is 0 Å². The highest BCUT2D eigenvalue weighted by molar-refractivity contribution is 6.22. The molecular formula is C59H42N2. The minimum Gasteiger partial charge on any atom is -0.309 e. The van der Waals surface area contributed by atoms with Crippen LogP contribution in [0.2, 0.25) is 0 Å². The monoisotopic (exact) mass is 778 g/mol. The minimum atomic E-state index is 1.14. The van der Waals surface area contributed by atoms with Crippen molar-refractivity contribution < 1.29 is 0 Å². The number of fused-ring (bicyclic) bond motifs is 8. The van der Waals surface area contributed by atoms with Gasteiger partial charge in [-0.15, -0.1) is 0 Å². The molecule has 61 heavy (non-hydrogen) atoms. The maximum Gasteiger partial charge on any atom is 0.0547 e. The maximum absolute atomic E-state index is 2.44. The van der Waals surface area contributed by atoms with Gasteiger partial charge in [0.15, 0.2) is 0 Å². The van der Waals surface area contributed by atoms with Crippen LogP contribution in [-0.2, 0) is 0 Å². The van der Waals surface area contributed by atoms with E-state index in [1.54, 1.807) is 0 Å². The third-order valence-corrected chi connectivity index (χ3v) is 13.0. The molecule has 0 amide bonds. The van der Waals surface area contributed by atoms with Crippen molar-refractivity contribution in [1.82, 2.24) is 9.13 Å². The summed E-state index contributed by atoms with van der Waals surface area (Å²) >= 11 is 0. The highest BCUT2D eigenvalue weighted by atomic mass is 15.0. The van der Waals surface area contributed by atoms with Crippen LogP contribution in [0, 0.1) is 20.8 Å². The van der Waals surface area contributed by atoms with E-state index in [0.29, 0.717) is 0 Å². The lowest BCUT2D eigenvalue weighted by atomic mass is 9.83. The molecule has 12 aromatic rings. The van der Waals surface area contributed by atoms with Gasteiger partial charge in [0.05, 0.1) is 22.1 Å². The van der Waals surface area contributed by atoms with Crippen molar-refractivity contribution in [2.24, 2.45) is 0 Å². The van der Waals surface area contributed by atoms with Crippen molar-refractivity contribution >= 4 is 65.2 Å². The van der Waals surface area contributed by atoms with Crippen molar-refractivity contribution in [3.05, 3.63) is 217 Å². The van der Waals surface area contributed by atoms with E-state index in [-0.39, 0.29) is 0 Å². The first-order valence-electron chi connectivity index (χ1n) is 21.3. The van der Waals surface area contributed by atoms with E-state index in [2.05, 4.69) is 230 Å². The van der Waals surface area contributed by atoms with E-state index in [1.807, 2.05) is 0 Å². The fourth-order valence-corrected chi connectivity index (χ4v) is 10.5. The summed E-state index contributed by atoms with van der Waals surface area (Å²) in [5.74, 6) is 0. The second-order valence-corrected chi connectivity index (χ2v) is 16.7. The Morgan fingerprint density at radius 1 is 0.262 bits per heavy atom. The smallest absolute Gasteiger partial charge is 0.0547 e. The van der Waals surface area contributed by atoms with E-state index in [0.717, 1.165) is 5.69 Å². The first-order valence-corrected chi connectivity index (χ1v) is 21.3. The molecule has 288 valence electrons. The van der Waals surface area contributed by atoms with Crippen LogP contribution in [0.4, 0.5) is 0 Å². The average Bonchev–Trinajstić information content (AvgIpc) is 3.81. The van der Waals surface area contributed by atoms with Gasteiger partial charge in [-0.1, -0.05) is 151 Å². The molecule has 0 saturated carbocycles. The van der Waals surface area contributed by atoms with Crippen LogP contribution >= 0.6 is 0 Å². The molecule has 0 unspecified atom stereocenters. The molecule has 0 fully saturated rings. The number of benzene rings is 10. The van der Waals surface area contributed by atoms with Crippen molar-refractivity contribution in [2.75, 3.05) is 0 Å². The molecule has 2 nitrogen and oxygen atoms in total. The molecule has 0 spiro atoms. The highest BCUT2D eigenvalue weighted by Crippen LogP contribution is 2.46. The number of rotatable bonds is 5. The fraction of sp³-hybridized carbons (Fsp3) is 0.0508. The second kappa shape index (κ2) is 13.7. The Balaban J connectivity index is 1.02. The number of hydrogen-bond acceptors (Lipinski definition) is 0. The minimum absolute atomic E-state index is 1.14. The summed E-state index contributed by atoms with van der Waals surface area (Å²) in [5, 5.41) is 10.1. The highest BCUT2D eigenvalue weighted by Gasteiger charge is 2.20. The molecule has 0 atom stereocenters. The number of aromatic nitrogens is 2. The zero-order chi connectivity index (χ0) is 40.8. The van der Waals surface area contributed by atoms with Gasteiger partial charge in [0.1, 0.15) is 0 Å². The Morgan fingerprint density at radius 3 is 1.31 bits per heavy atom. The summed E-state index contributed by atoms with van der Waals surface area (Å²) in [5.41, 5.74) is 18.6. The van der Waals surface area contributed by atoms with E-state index in [9.17, 15) is 0 Å². The number of nitrogens with zero attached hydrogens (tertiary/aromatic N) is 2. The van der Waals surface area contributed by atoms with Crippen molar-refractivity contribution in [3.8, 4) is 44.8 Å². The van der Waals surface area contributed by atoms with Crippen LogP contribution in [-0.4, -0.2) is 9.13 Å². The number of aryl methyl sites for hydroxylation is 3. The number of hydrogen-bond donors (Lipinski definition) is 0. The Morgan fingerprint density at radius 2 is 0.689 bits per heavy atom. The van der Waals surface area contributed by atoms with Crippen molar-refractivity contribution in [3.63, 3.8) is 0 Å². The summed E-state index contributed by atoms with van der Waals surface area (Å²) in [4.78, 5) is 0. The van der Waals surface area contributed by atoms with Gasteiger partial charge in [-0.05, 0) is 141 Å². The van der Waals surface area contributed by atoms with Crippen LogP contribution in [0.3, 0.4) is 0 Å². The van der Waals surface area contributed by atoms with Gasteiger partial charge in [-0.25, -0.2) is 0 Å². The zero-order valence-corrected chi connectivity index (χ0v) is 34.4. The molecule has 0 aliphatic rings. The lowest BCUT2D eigenvalue weighted by Crippen LogP contribution is -1.96. The Hall–Kier alpha value is -7.68. The van der Waals surface area contributed by atoms with E-state index in [1.165, 1.54) is 121 Å².